The number of carbonyl (C=O) groups excluding carboxylic acids is 2. The second-order valence-corrected chi connectivity index (χ2v) is 3.98. The smallest absolute Gasteiger partial charge is 0.323 e. The van der Waals surface area contributed by atoms with E-state index in [0.717, 1.165) is 4.90 Å². The normalized spacial score (nSPS) is 10.0. The number of aromatic nitrogens is 3. The van der Waals surface area contributed by atoms with E-state index in [1.165, 1.54) is 6.33 Å². The van der Waals surface area contributed by atoms with E-state index in [1.54, 1.807) is 0 Å². The highest BCUT2D eigenvalue weighted by Crippen LogP contribution is 1.94. The molecule has 0 atom stereocenters. The number of rotatable bonds is 8. The summed E-state index contributed by atoms with van der Waals surface area (Å²) in [6.45, 7) is -0.717. The van der Waals surface area contributed by atoms with Gasteiger partial charge in [0.25, 0.3) is 0 Å². The van der Waals surface area contributed by atoms with Crippen molar-refractivity contribution < 1.29 is 19.5 Å². The molecule has 3 amide bonds. The lowest BCUT2D eigenvalue weighted by Crippen LogP contribution is -2.46. The zero-order chi connectivity index (χ0) is 15.0. The first kappa shape index (κ1) is 15.4. The molecule has 0 radical (unpaired) electrons. The summed E-state index contributed by atoms with van der Waals surface area (Å²) >= 11 is 0. The number of nitrogens with zero attached hydrogens (tertiary/aromatic N) is 3. The topological polar surface area (TPSA) is 154 Å². The van der Waals surface area contributed by atoms with E-state index in [9.17, 15) is 14.4 Å². The molecule has 0 bridgehead atoms. The minimum Gasteiger partial charge on any atom is -0.480 e. The van der Waals surface area contributed by atoms with Crippen molar-refractivity contribution in [2.24, 2.45) is 5.73 Å². The molecule has 10 nitrogen and oxygen atoms in total. The fourth-order valence-corrected chi connectivity index (χ4v) is 1.47. The molecule has 20 heavy (non-hydrogen) atoms. The van der Waals surface area contributed by atoms with Crippen molar-refractivity contribution in [2.75, 3.05) is 19.6 Å². The lowest BCUT2D eigenvalue weighted by molar-refractivity contribution is -0.137. The third kappa shape index (κ3) is 5.80. The van der Waals surface area contributed by atoms with Crippen molar-refractivity contribution in [3.05, 3.63) is 12.2 Å². The number of carbonyl (C=O) groups is 3. The van der Waals surface area contributed by atoms with Gasteiger partial charge >= 0.3 is 12.0 Å². The number of aryl methyl sites for hydroxylation is 1. The molecule has 0 aromatic carbocycles. The van der Waals surface area contributed by atoms with Gasteiger partial charge in [-0.05, 0) is 6.42 Å². The second-order valence-electron chi connectivity index (χ2n) is 3.98. The van der Waals surface area contributed by atoms with Crippen molar-refractivity contribution in [3.63, 3.8) is 0 Å². The van der Waals surface area contributed by atoms with Gasteiger partial charge in [0.15, 0.2) is 0 Å². The average Bonchev–Trinajstić information content (AvgIpc) is 2.85. The van der Waals surface area contributed by atoms with E-state index >= 15 is 0 Å². The van der Waals surface area contributed by atoms with E-state index in [-0.39, 0.29) is 0 Å². The van der Waals surface area contributed by atoms with Crippen LogP contribution in [0.3, 0.4) is 0 Å². The SMILES string of the molecule is NC(=O)CN(CC(=O)O)C(=O)NCCCc1ncn[nH]1. The predicted molar refractivity (Wildman–Crippen MR) is 66.5 cm³/mol. The Kier molecular flexibility index (Phi) is 5.94. The maximum Gasteiger partial charge on any atom is 0.323 e. The van der Waals surface area contributed by atoms with Crippen LogP contribution in [-0.2, 0) is 16.0 Å². The van der Waals surface area contributed by atoms with Gasteiger partial charge in [-0.1, -0.05) is 0 Å². The van der Waals surface area contributed by atoms with Gasteiger partial charge in [0.05, 0.1) is 0 Å². The number of H-pyrrole nitrogens is 1. The highest BCUT2D eigenvalue weighted by molar-refractivity contribution is 5.85. The second kappa shape index (κ2) is 7.71. The number of carboxylic acids is 1. The number of aliphatic carboxylic acids is 1. The maximum atomic E-state index is 11.7. The van der Waals surface area contributed by atoms with Crippen molar-refractivity contribution in [2.45, 2.75) is 12.8 Å². The standard InChI is InChI=1S/C10H16N6O4/c11-7(17)4-16(5-9(18)19)10(20)12-3-1-2-8-13-6-14-15-8/h6H,1-5H2,(H2,11,17)(H,12,20)(H,18,19)(H,13,14,15). The molecular formula is C10H16N6O4. The van der Waals surface area contributed by atoms with Crippen LogP contribution in [-0.4, -0.2) is 62.7 Å². The fraction of sp³-hybridized carbons (Fsp3) is 0.500. The van der Waals surface area contributed by atoms with Crippen LogP contribution in [0.2, 0.25) is 0 Å². The molecule has 0 aliphatic heterocycles. The largest absolute Gasteiger partial charge is 0.480 e. The van der Waals surface area contributed by atoms with Gasteiger partial charge in [-0.3, -0.25) is 14.7 Å². The van der Waals surface area contributed by atoms with Gasteiger partial charge in [0.1, 0.15) is 25.2 Å². The van der Waals surface area contributed by atoms with Gasteiger partial charge in [-0.25, -0.2) is 9.78 Å². The molecule has 0 saturated carbocycles. The number of urea groups is 1. The molecule has 0 spiro atoms. The summed E-state index contributed by atoms with van der Waals surface area (Å²) < 4.78 is 0. The molecule has 10 heteroatoms. The van der Waals surface area contributed by atoms with Crippen LogP contribution in [0.25, 0.3) is 0 Å². The number of nitrogens with one attached hydrogen (secondary N) is 2. The number of hydrogen-bond donors (Lipinski definition) is 4. The minimum absolute atomic E-state index is 0.314. The molecule has 0 aliphatic rings. The Balaban J connectivity index is 2.33. The monoisotopic (exact) mass is 284 g/mol. The highest BCUT2D eigenvalue weighted by Gasteiger charge is 2.18. The Morgan fingerprint density at radius 3 is 2.70 bits per heavy atom. The fourth-order valence-electron chi connectivity index (χ4n) is 1.47. The zero-order valence-corrected chi connectivity index (χ0v) is 10.7. The van der Waals surface area contributed by atoms with Crippen molar-refractivity contribution >= 4 is 17.9 Å². The Labute approximate surface area is 114 Å². The van der Waals surface area contributed by atoms with Crippen molar-refractivity contribution in [3.8, 4) is 0 Å². The third-order valence-electron chi connectivity index (χ3n) is 2.29. The van der Waals surface area contributed by atoms with Crippen LogP contribution >= 0.6 is 0 Å². The van der Waals surface area contributed by atoms with Crippen LogP contribution in [0.15, 0.2) is 6.33 Å². The molecule has 5 N–H and O–H groups in total. The molecule has 1 aromatic rings. The quantitative estimate of drug-likeness (QED) is 0.418. The number of carboxylic acid groups (broad SMARTS) is 1. The van der Waals surface area contributed by atoms with Crippen LogP contribution in [0, 0.1) is 0 Å². The molecule has 0 saturated heterocycles. The number of hydrogen-bond acceptors (Lipinski definition) is 5. The van der Waals surface area contributed by atoms with Crippen LogP contribution in [0.5, 0.6) is 0 Å². The summed E-state index contributed by atoms with van der Waals surface area (Å²) in [5.41, 5.74) is 4.95. The van der Waals surface area contributed by atoms with E-state index in [1.807, 2.05) is 0 Å². The maximum absolute atomic E-state index is 11.7. The Bertz CT molecular complexity index is 444. The van der Waals surface area contributed by atoms with Gasteiger partial charge in [0.2, 0.25) is 5.91 Å². The summed E-state index contributed by atoms with van der Waals surface area (Å²) in [4.78, 5) is 37.8. The highest BCUT2D eigenvalue weighted by atomic mass is 16.4. The van der Waals surface area contributed by atoms with Gasteiger partial charge in [-0.15, -0.1) is 0 Å². The minimum atomic E-state index is -1.22. The molecule has 0 unspecified atom stereocenters. The first-order chi connectivity index (χ1) is 9.49. The Hall–Kier alpha value is -2.65. The Morgan fingerprint density at radius 1 is 1.40 bits per heavy atom. The predicted octanol–water partition coefficient (Wildman–Crippen LogP) is -1.68. The van der Waals surface area contributed by atoms with Crippen LogP contribution < -0.4 is 11.1 Å². The lowest BCUT2D eigenvalue weighted by atomic mass is 10.3. The number of nitrogens with two attached hydrogens (primary N) is 1. The lowest BCUT2D eigenvalue weighted by Gasteiger charge is -2.19. The summed E-state index contributed by atoms with van der Waals surface area (Å²) in [6.07, 6.45) is 2.57. The van der Waals surface area contributed by atoms with E-state index < -0.39 is 31.0 Å². The van der Waals surface area contributed by atoms with Crippen LogP contribution in [0.1, 0.15) is 12.2 Å². The van der Waals surface area contributed by atoms with E-state index in [2.05, 4.69) is 20.5 Å². The van der Waals surface area contributed by atoms with Crippen molar-refractivity contribution in [1.29, 1.82) is 0 Å². The van der Waals surface area contributed by atoms with Crippen LogP contribution in [0.4, 0.5) is 4.79 Å². The molecule has 0 fully saturated rings. The summed E-state index contributed by atoms with van der Waals surface area (Å²) in [6, 6.07) is -0.649. The van der Waals surface area contributed by atoms with Crippen molar-refractivity contribution in [1.82, 2.24) is 25.4 Å². The summed E-state index contributed by atoms with van der Waals surface area (Å²) in [7, 11) is 0. The zero-order valence-electron chi connectivity index (χ0n) is 10.7. The molecular weight excluding hydrogens is 268 g/mol. The molecule has 1 heterocycles. The van der Waals surface area contributed by atoms with E-state index in [4.69, 9.17) is 10.8 Å². The van der Waals surface area contributed by atoms with Gasteiger partial charge in [0, 0.05) is 13.0 Å². The first-order valence-electron chi connectivity index (χ1n) is 5.86. The molecule has 1 rings (SSSR count). The Morgan fingerprint density at radius 2 is 2.15 bits per heavy atom. The summed E-state index contributed by atoms with van der Waals surface area (Å²) in [5.74, 6) is -1.30. The number of amides is 3. The average molecular weight is 284 g/mol. The summed E-state index contributed by atoms with van der Waals surface area (Å²) in [5, 5.41) is 17.5. The number of primary amides is 1. The molecule has 1 aromatic heterocycles. The molecule has 0 aliphatic carbocycles. The third-order valence-corrected chi connectivity index (χ3v) is 2.29. The van der Waals surface area contributed by atoms with Gasteiger partial charge < -0.3 is 21.1 Å². The number of aromatic amines is 1. The van der Waals surface area contributed by atoms with Gasteiger partial charge in [-0.2, -0.15) is 5.10 Å². The van der Waals surface area contributed by atoms with E-state index in [0.29, 0.717) is 25.2 Å². The molecule has 110 valence electrons. The first-order valence-corrected chi connectivity index (χ1v) is 5.86.